The van der Waals surface area contributed by atoms with Gasteiger partial charge in [0.2, 0.25) is 0 Å². The normalized spacial score (nSPS) is 21.6. The number of aliphatic imine (C=N–C) groups is 4. The standard InChI is InChI=1S/C12H16N4O/c1-4-7(3)8(5-2)10-15-11-9(12(17)16-10)13-6-14-11/h6-8H,4-5H2,1-3H3. The third-order valence-corrected chi connectivity index (χ3v) is 3.32. The van der Waals surface area contributed by atoms with Crippen molar-refractivity contribution in [1.82, 2.24) is 0 Å². The van der Waals surface area contributed by atoms with Gasteiger partial charge in [0, 0.05) is 5.92 Å². The van der Waals surface area contributed by atoms with Crippen LogP contribution in [0.5, 0.6) is 0 Å². The largest absolute Gasteiger partial charge is 0.301 e. The zero-order valence-corrected chi connectivity index (χ0v) is 10.3. The van der Waals surface area contributed by atoms with E-state index in [1.807, 2.05) is 0 Å². The van der Waals surface area contributed by atoms with Gasteiger partial charge >= 0.3 is 5.91 Å². The molecule has 17 heavy (non-hydrogen) atoms. The molecule has 0 saturated heterocycles. The topological polar surface area (TPSA) is 66.5 Å². The molecule has 0 spiro atoms. The van der Waals surface area contributed by atoms with E-state index in [1.165, 1.54) is 6.34 Å². The molecule has 2 aliphatic heterocycles. The van der Waals surface area contributed by atoms with Crippen LogP contribution >= 0.6 is 0 Å². The van der Waals surface area contributed by atoms with Crippen LogP contribution in [0, 0.1) is 11.8 Å². The van der Waals surface area contributed by atoms with Crippen LogP contribution in [0.2, 0.25) is 0 Å². The molecule has 0 N–H and O–H groups in total. The highest BCUT2D eigenvalue weighted by atomic mass is 16.1. The summed E-state index contributed by atoms with van der Waals surface area (Å²) < 4.78 is 0. The van der Waals surface area contributed by atoms with Crippen molar-refractivity contribution in [3.8, 4) is 0 Å². The highest BCUT2D eigenvalue weighted by Gasteiger charge is 2.30. The molecule has 2 heterocycles. The van der Waals surface area contributed by atoms with E-state index in [4.69, 9.17) is 0 Å². The van der Waals surface area contributed by atoms with Crippen LogP contribution in [0.3, 0.4) is 0 Å². The number of hydrogen-bond acceptors (Lipinski definition) is 4. The van der Waals surface area contributed by atoms with Crippen molar-refractivity contribution in [1.29, 1.82) is 0 Å². The van der Waals surface area contributed by atoms with Gasteiger partial charge in [-0.1, -0.05) is 27.2 Å². The van der Waals surface area contributed by atoms with Crippen molar-refractivity contribution >= 4 is 29.6 Å². The number of carbonyl (C=O) groups is 1. The lowest BCUT2D eigenvalue weighted by molar-refractivity contribution is -0.111. The van der Waals surface area contributed by atoms with Gasteiger partial charge in [-0.2, -0.15) is 4.99 Å². The molecule has 2 atom stereocenters. The number of nitrogens with zero attached hydrogens (tertiary/aromatic N) is 4. The highest BCUT2D eigenvalue weighted by molar-refractivity contribution is 6.71. The molecule has 0 fully saturated rings. The molecule has 5 nitrogen and oxygen atoms in total. The zero-order chi connectivity index (χ0) is 12.4. The first kappa shape index (κ1) is 11.8. The second-order valence-electron chi connectivity index (χ2n) is 4.33. The fourth-order valence-electron chi connectivity index (χ4n) is 2.07. The Labute approximate surface area is 100 Å². The summed E-state index contributed by atoms with van der Waals surface area (Å²) in [6, 6.07) is 0. The van der Waals surface area contributed by atoms with E-state index in [1.54, 1.807) is 0 Å². The molecule has 1 amide bonds. The van der Waals surface area contributed by atoms with Gasteiger partial charge in [0.15, 0.2) is 11.5 Å². The van der Waals surface area contributed by atoms with Gasteiger partial charge < -0.3 is 0 Å². The van der Waals surface area contributed by atoms with Crippen LogP contribution in [0.4, 0.5) is 0 Å². The summed E-state index contributed by atoms with van der Waals surface area (Å²) in [5.41, 5.74) is 0.271. The first-order chi connectivity index (χ1) is 8.17. The van der Waals surface area contributed by atoms with Crippen LogP contribution in [-0.2, 0) is 4.79 Å². The molecule has 0 aromatic carbocycles. The van der Waals surface area contributed by atoms with Crippen molar-refractivity contribution in [2.75, 3.05) is 0 Å². The minimum absolute atomic E-state index is 0.216. The molecular formula is C12H16N4O. The first-order valence-electron chi connectivity index (χ1n) is 5.99. The molecule has 0 aromatic rings. The van der Waals surface area contributed by atoms with Crippen LogP contribution in [0.25, 0.3) is 0 Å². The minimum atomic E-state index is -0.316. The summed E-state index contributed by atoms with van der Waals surface area (Å²) in [5.74, 6) is 1.39. The molecule has 0 aromatic heterocycles. The molecule has 2 aliphatic rings. The van der Waals surface area contributed by atoms with E-state index < -0.39 is 0 Å². The molecule has 2 unspecified atom stereocenters. The van der Waals surface area contributed by atoms with E-state index in [0.29, 0.717) is 17.6 Å². The van der Waals surface area contributed by atoms with Crippen LogP contribution < -0.4 is 0 Å². The predicted molar refractivity (Wildman–Crippen MR) is 69.0 cm³/mol. The zero-order valence-electron chi connectivity index (χ0n) is 10.3. The molecule has 0 aliphatic carbocycles. The van der Waals surface area contributed by atoms with Crippen molar-refractivity contribution in [2.24, 2.45) is 31.8 Å². The smallest absolute Gasteiger partial charge is 0.265 e. The van der Waals surface area contributed by atoms with Crippen molar-refractivity contribution < 1.29 is 4.79 Å². The summed E-state index contributed by atoms with van der Waals surface area (Å²) in [6.45, 7) is 6.38. The van der Waals surface area contributed by atoms with Crippen molar-refractivity contribution in [3.63, 3.8) is 0 Å². The Hall–Kier alpha value is -1.65. The number of amides is 1. The Balaban J connectivity index is 2.30. The molecule has 0 bridgehead atoms. The van der Waals surface area contributed by atoms with Gasteiger partial charge in [0.1, 0.15) is 12.2 Å². The third-order valence-electron chi connectivity index (χ3n) is 3.32. The second kappa shape index (κ2) is 4.69. The Morgan fingerprint density at radius 1 is 1.24 bits per heavy atom. The van der Waals surface area contributed by atoms with Crippen LogP contribution in [0.15, 0.2) is 20.0 Å². The summed E-state index contributed by atoms with van der Waals surface area (Å²) in [7, 11) is 0. The fourth-order valence-corrected chi connectivity index (χ4v) is 2.07. The first-order valence-corrected chi connectivity index (χ1v) is 5.99. The quantitative estimate of drug-likeness (QED) is 0.729. The summed E-state index contributed by atoms with van der Waals surface area (Å²) >= 11 is 0. The average Bonchev–Trinajstić information content (AvgIpc) is 2.78. The SMILES string of the molecule is CCC(C)C(CC)C1=NC(=O)C2=NC=NC2=N1. The maximum Gasteiger partial charge on any atom is 0.301 e. The number of fused-ring (bicyclic) bond motifs is 1. The van der Waals surface area contributed by atoms with Gasteiger partial charge in [0.25, 0.3) is 0 Å². The lowest BCUT2D eigenvalue weighted by Gasteiger charge is -2.22. The second-order valence-corrected chi connectivity index (χ2v) is 4.33. The summed E-state index contributed by atoms with van der Waals surface area (Å²) in [6.07, 6.45) is 3.32. The Bertz CT molecular complexity index is 459. The van der Waals surface area contributed by atoms with Crippen LogP contribution in [0.1, 0.15) is 33.6 Å². The van der Waals surface area contributed by atoms with E-state index in [-0.39, 0.29) is 17.5 Å². The monoisotopic (exact) mass is 232 g/mol. The molecule has 0 radical (unpaired) electrons. The third kappa shape index (κ3) is 2.09. The van der Waals surface area contributed by atoms with Gasteiger partial charge in [0.05, 0.1) is 0 Å². The average molecular weight is 232 g/mol. The lowest BCUT2D eigenvalue weighted by Crippen LogP contribution is -2.30. The molecule has 90 valence electrons. The molecule has 2 rings (SSSR count). The van der Waals surface area contributed by atoms with E-state index in [2.05, 4.69) is 40.7 Å². The van der Waals surface area contributed by atoms with Gasteiger partial charge in [-0.25, -0.2) is 15.0 Å². The Morgan fingerprint density at radius 3 is 2.65 bits per heavy atom. The Morgan fingerprint density at radius 2 is 2.00 bits per heavy atom. The molecule has 0 saturated carbocycles. The minimum Gasteiger partial charge on any atom is -0.265 e. The van der Waals surface area contributed by atoms with Gasteiger partial charge in [-0.3, -0.25) is 4.79 Å². The lowest BCUT2D eigenvalue weighted by atomic mass is 9.88. The predicted octanol–water partition coefficient (Wildman–Crippen LogP) is 1.88. The number of hydrogen-bond donors (Lipinski definition) is 0. The molecular weight excluding hydrogens is 216 g/mol. The summed E-state index contributed by atoms with van der Waals surface area (Å²) in [5, 5.41) is 0. The van der Waals surface area contributed by atoms with Crippen molar-refractivity contribution in [3.05, 3.63) is 0 Å². The van der Waals surface area contributed by atoms with Gasteiger partial charge in [-0.15, -0.1) is 0 Å². The number of amidine groups is 2. The highest BCUT2D eigenvalue weighted by Crippen LogP contribution is 2.23. The van der Waals surface area contributed by atoms with Crippen molar-refractivity contribution in [2.45, 2.75) is 33.6 Å². The molecule has 5 heteroatoms. The Kier molecular flexibility index (Phi) is 3.26. The van der Waals surface area contributed by atoms with E-state index in [9.17, 15) is 4.79 Å². The fraction of sp³-hybridized carbons (Fsp3) is 0.583. The van der Waals surface area contributed by atoms with E-state index in [0.717, 1.165) is 12.8 Å². The number of carbonyl (C=O) groups excluding carboxylic acids is 1. The summed E-state index contributed by atoms with van der Waals surface area (Å²) in [4.78, 5) is 28.0. The maximum absolute atomic E-state index is 11.7. The van der Waals surface area contributed by atoms with Crippen LogP contribution in [-0.4, -0.2) is 29.6 Å². The number of rotatable bonds is 4. The van der Waals surface area contributed by atoms with E-state index >= 15 is 0 Å². The van der Waals surface area contributed by atoms with Gasteiger partial charge in [-0.05, 0) is 12.3 Å². The maximum atomic E-state index is 11.7.